The molecule has 11 nitrogen and oxygen atoms in total. The molecule has 12 heteroatoms. The topological polar surface area (TPSA) is 166 Å². The van der Waals surface area contributed by atoms with E-state index in [-0.39, 0.29) is 25.2 Å². The van der Waals surface area contributed by atoms with Gasteiger partial charge in [0.05, 0.1) is 19.1 Å². The fourth-order valence-electron chi connectivity index (χ4n) is 4.71. The summed E-state index contributed by atoms with van der Waals surface area (Å²) in [5.74, 6) is -3.93. The van der Waals surface area contributed by atoms with E-state index in [2.05, 4.69) is 26.6 Å². The molecule has 232 valence electrons. The SMILES string of the molecule is CC(C)[C@H]1NC(=O)CC[C@@H](C(=O)NCCCc2ccccc2)NC(=O)C[C@H](c2ccc(F)cc2)NC(=O)[C@H](CO)NC1=O. The van der Waals surface area contributed by atoms with Crippen LogP contribution in [-0.2, 0) is 30.4 Å². The Morgan fingerprint density at radius 2 is 1.63 bits per heavy atom. The third-order valence-electron chi connectivity index (χ3n) is 7.16. The van der Waals surface area contributed by atoms with Gasteiger partial charge in [0.2, 0.25) is 29.5 Å². The molecule has 0 saturated carbocycles. The number of halogens is 1. The number of nitrogens with one attached hydrogen (secondary N) is 5. The highest BCUT2D eigenvalue weighted by Crippen LogP contribution is 2.19. The van der Waals surface area contributed by atoms with Crippen molar-refractivity contribution in [2.24, 2.45) is 5.92 Å². The average Bonchev–Trinajstić information content (AvgIpc) is 2.98. The Bertz CT molecular complexity index is 1260. The maximum Gasteiger partial charge on any atom is 0.245 e. The van der Waals surface area contributed by atoms with E-state index in [4.69, 9.17) is 0 Å². The molecule has 1 aliphatic heterocycles. The van der Waals surface area contributed by atoms with E-state index in [0.29, 0.717) is 18.5 Å². The summed E-state index contributed by atoms with van der Waals surface area (Å²) in [6, 6.07) is 10.5. The number of carbonyl (C=O) groups is 5. The van der Waals surface area contributed by atoms with E-state index < -0.39 is 66.1 Å². The van der Waals surface area contributed by atoms with Crippen molar-refractivity contribution in [2.45, 2.75) is 70.1 Å². The Morgan fingerprint density at radius 1 is 0.930 bits per heavy atom. The third-order valence-corrected chi connectivity index (χ3v) is 7.16. The normalized spacial score (nSPS) is 22.3. The first-order chi connectivity index (χ1) is 20.6. The van der Waals surface area contributed by atoms with Gasteiger partial charge in [-0.25, -0.2) is 4.39 Å². The van der Waals surface area contributed by atoms with Gasteiger partial charge in [0.1, 0.15) is 23.9 Å². The number of amides is 5. The molecule has 1 aliphatic rings. The zero-order valence-electron chi connectivity index (χ0n) is 24.4. The van der Waals surface area contributed by atoms with Crippen LogP contribution < -0.4 is 26.6 Å². The fourth-order valence-corrected chi connectivity index (χ4v) is 4.71. The van der Waals surface area contributed by atoms with Crippen LogP contribution in [0.5, 0.6) is 0 Å². The molecule has 0 spiro atoms. The summed E-state index contributed by atoms with van der Waals surface area (Å²) in [5.41, 5.74) is 1.52. The van der Waals surface area contributed by atoms with Crippen LogP contribution >= 0.6 is 0 Å². The predicted molar refractivity (Wildman–Crippen MR) is 157 cm³/mol. The molecule has 2 aromatic rings. The largest absolute Gasteiger partial charge is 0.394 e. The van der Waals surface area contributed by atoms with Gasteiger partial charge in [-0.1, -0.05) is 56.3 Å². The summed E-state index contributed by atoms with van der Waals surface area (Å²) in [7, 11) is 0. The summed E-state index contributed by atoms with van der Waals surface area (Å²) < 4.78 is 13.6. The molecule has 1 heterocycles. The zero-order valence-corrected chi connectivity index (χ0v) is 24.4. The second-order valence-corrected chi connectivity index (χ2v) is 10.9. The van der Waals surface area contributed by atoms with Crippen LogP contribution in [0.4, 0.5) is 4.39 Å². The van der Waals surface area contributed by atoms with Crippen molar-refractivity contribution in [2.75, 3.05) is 13.2 Å². The molecule has 43 heavy (non-hydrogen) atoms. The summed E-state index contributed by atoms with van der Waals surface area (Å²) in [4.78, 5) is 65.3. The third kappa shape index (κ3) is 10.5. The van der Waals surface area contributed by atoms with E-state index in [1.54, 1.807) is 13.8 Å². The van der Waals surface area contributed by atoms with Gasteiger partial charge in [0.15, 0.2) is 0 Å². The number of aliphatic hydroxyl groups is 1. The first-order valence-electron chi connectivity index (χ1n) is 14.4. The lowest BCUT2D eigenvalue weighted by atomic mass is 10.0. The monoisotopic (exact) mass is 597 g/mol. The van der Waals surface area contributed by atoms with E-state index >= 15 is 0 Å². The molecular weight excluding hydrogens is 557 g/mol. The Hall–Kier alpha value is -4.32. The van der Waals surface area contributed by atoms with Crippen LogP contribution in [0.3, 0.4) is 0 Å². The van der Waals surface area contributed by atoms with E-state index in [1.807, 2.05) is 30.3 Å². The molecule has 1 saturated heterocycles. The number of carbonyl (C=O) groups excluding carboxylic acids is 5. The molecule has 0 aromatic heterocycles. The van der Waals surface area contributed by atoms with Crippen molar-refractivity contribution in [1.82, 2.24) is 26.6 Å². The van der Waals surface area contributed by atoms with Crippen molar-refractivity contribution in [3.8, 4) is 0 Å². The molecule has 0 bridgehead atoms. The fraction of sp³-hybridized carbons (Fsp3) is 0.452. The van der Waals surface area contributed by atoms with Gasteiger partial charge >= 0.3 is 0 Å². The Kier molecular flexibility index (Phi) is 12.6. The number of rotatable bonds is 8. The second kappa shape index (κ2) is 16.4. The van der Waals surface area contributed by atoms with Gasteiger partial charge in [-0.15, -0.1) is 0 Å². The highest BCUT2D eigenvalue weighted by molar-refractivity contribution is 5.93. The van der Waals surface area contributed by atoms with Crippen molar-refractivity contribution in [3.05, 3.63) is 71.5 Å². The minimum atomic E-state index is -1.38. The standard InChI is InChI=1S/C31H40FN5O6/c1-19(2)28-31(43)36-25(18-38)30(42)35-24(21-10-12-22(32)13-11-21)17-27(40)34-23(14-15-26(39)37-28)29(41)33-16-6-9-20-7-4-3-5-8-20/h3-5,7-8,10-13,19,23-25,28,38H,6,9,14-18H2,1-2H3,(H,33,41)(H,34,40)(H,35,42)(H,36,43)(H,37,39)/t23-,24+,25-,28+/m0/s1. The molecule has 2 aromatic carbocycles. The quantitative estimate of drug-likeness (QED) is 0.249. The number of aryl methyl sites for hydroxylation is 1. The lowest BCUT2D eigenvalue weighted by Crippen LogP contribution is -2.56. The van der Waals surface area contributed by atoms with Gasteiger partial charge in [-0.05, 0) is 48.4 Å². The first-order valence-corrected chi connectivity index (χ1v) is 14.4. The molecule has 1 fully saturated rings. The van der Waals surface area contributed by atoms with Crippen LogP contribution in [0.25, 0.3) is 0 Å². The minimum absolute atomic E-state index is 0.0403. The Labute approximate surface area is 250 Å². The van der Waals surface area contributed by atoms with Crippen LogP contribution in [0.15, 0.2) is 54.6 Å². The average molecular weight is 598 g/mol. The summed E-state index contributed by atoms with van der Waals surface area (Å²) in [6.07, 6.45) is 0.865. The van der Waals surface area contributed by atoms with Gasteiger partial charge in [0, 0.05) is 13.0 Å². The molecular formula is C31H40FN5O6. The van der Waals surface area contributed by atoms with Gasteiger partial charge in [-0.2, -0.15) is 0 Å². The molecule has 0 aliphatic carbocycles. The van der Waals surface area contributed by atoms with Gasteiger partial charge < -0.3 is 31.7 Å². The number of hydrogen-bond acceptors (Lipinski definition) is 6. The van der Waals surface area contributed by atoms with E-state index in [9.17, 15) is 33.5 Å². The highest BCUT2D eigenvalue weighted by atomic mass is 19.1. The van der Waals surface area contributed by atoms with Crippen LogP contribution in [0.1, 0.15) is 56.7 Å². The lowest BCUT2D eigenvalue weighted by Gasteiger charge is -2.26. The lowest BCUT2D eigenvalue weighted by molar-refractivity contribution is -0.134. The van der Waals surface area contributed by atoms with E-state index in [0.717, 1.165) is 12.0 Å². The van der Waals surface area contributed by atoms with Gasteiger partial charge in [-0.3, -0.25) is 24.0 Å². The molecule has 5 amide bonds. The maximum atomic E-state index is 13.6. The summed E-state index contributed by atoms with van der Waals surface area (Å²) >= 11 is 0. The van der Waals surface area contributed by atoms with Crippen LogP contribution in [0, 0.1) is 11.7 Å². The highest BCUT2D eigenvalue weighted by Gasteiger charge is 2.32. The maximum absolute atomic E-state index is 13.6. The van der Waals surface area contributed by atoms with E-state index in [1.165, 1.54) is 24.3 Å². The summed E-state index contributed by atoms with van der Waals surface area (Å²) in [6.45, 7) is 3.02. The van der Waals surface area contributed by atoms with Crippen LogP contribution in [-0.4, -0.2) is 65.9 Å². The molecule has 3 rings (SSSR count). The first kappa shape index (κ1) is 33.2. The van der Waals surface area contributed by atoms with Gasteiger partial charge in [0.25, 0.3) is 0 Å². The number of benzene rings is 2. The predicted octanol–water partition coefficient (Wildman–Crippen LogP) is 1.02. The van der Waals surface area contributed by atoms with Crippen molar-refractivity contribution in [3.63, 3.8) is 0 Å². The zero-order chi connectivity index (χ0) is 31.4. The molecule has 4 atom stereocenters. The summed E-state index contributed by atoms with van der Waals surface area (Å²) in [5, 5.41) is 23.1. The molecule has 0 unspecified atom stereocenters. The smallest absolute Gasteiger partial charge is 0.245 e. The van der Waals surface area contributed by atoms with Crippen molar-refractivity contribution < 1.29 is 33.5 Å². The number of aliphatic hydroxyl groups excluding tert-OH is 1. The minimum Gasteiger partial charge on any atom is -0.394 e. The Morgan fingerprint density at radius 3 is 2.28 bits per heavy atom. The van der Waals surface area contributed by atoms with Crippen molar-refractivity contribution in [1.29, 1.82) is 0 Å². The number of hydrogen-bond donors (Lipinski definition) is 6. The molecule has 0 radical (unpaired) electrons. The second-order valence-electron chi connectivity index (χ2n) is 10.9. The molecule has 6 N–H and O–H groups in total. The Balaban J connectivity index is 1.82. The van der Waals surface area contributed by atoms with Crippen LogP contribution in [0.2, 0.25) is 0 Å². The van der Waals surface area contributed by atoms with Crippen molar-refractivity contribution >= 4 is 29.5 Å².